The summed E-state index contributed by atoms with van der Waals surface area (Å²) >= 11 is 5.00. The van der Waals surface area contributed by atoms with Crippen LogP contribution in [0, 0.1) is 0 Å². The topological polar surface area (TPSA) is 70.2 Å². The van der Waals surface area contributed by atoms with Crippen molar-refractivity contribution >= 4 is 39.8 Å². The van der Waals surface area contributed by atoms with Gasteiger partial charge in [-0.3, -0.25) is 20.4 Å². The van der Waals surface area contributed by atoms with E-state index in [-0.39, 0.29) is 30.6 Å². The van der Waals surface area contributed by atoms with Gasteiger partial charge in [0.1, 0.15) is 0 Å². The van der Waals surface area contributed by atoms with Gasteiger partial charge in [0.25, 0.3) is 0 Å². The number of carbonyl (C=O) groups is 2. The van der Waals surface area contributed by atoms with Crippen molar-refractivity contribution in [1.82, 2.24) is 16.2 Å². The van der Waals surface area contributed by atoms with E-state index >= 15 is 0 Å². The van der Waals surface area contributed by atoms with Crippen LogP contribution in [0.25, 0.3) is 10.8 Å². The van der Waals surface area contributed by atoms with Gasteiger partial charge in [-0.2, -0.15) is 0 Å². The van der Waals surface area contributed by atoms with Gasteiger partial charge in [0.15, 0.2) is 10.9 Å². The van der Waals surface area contributed by atoms with Crippen molar-refractivity contribution in [3.8, 4) is 0 Å². The zero-order valence-corrected chi connectivity index (χ0v) is 14.6. The number of Topliss-reactive ketones (excluding diaryl/α,β-unsaturated/α-hetero) is 1. The van der Waals surface area contributed by atoms with Gasteiger partial charge >= 0.3 is 0 Å². The van der Waals surface area contributed by atoms with Gasteiger partial charge in [0.2, 0.25) is 5.91 Å². The van der Waals surface area contributed by atoms with E-state index < -0.39 is 0 Å². The fourth-order valence-corrected chi connectivity index (χ4v) is 2.51. The molecule has 5 nitrogen and oxygen atoms in total. The van der Waals surface area contributed by atoms with E-state index in [0.29, 0.717) is 10.7 Å². The summed E-state index contributed by atoms with van der Waals surface area (Å²) in [4.78, 5) is 24.0. The first-order valence-electron chi connectivity index (χ1n) is 7.83. The predicted octanol–water partition coefficient (Wildman–Crippen LogP) is 2.71. The van der Waals surface area contributed by atoms with Crippen LogP contribution in [0.1, 0.15) is 37.0 Å². The van der Waals surface area contributed by atoms with Gasteiger partial charge in [-0.15, -0.1) is 0 Å². The highest BCUT2D eigenvalue weighted by Gasteiger charge is 2.10. The molecule has 1 amide bonds. The number of fused-ring (bicyclic) bond motifs is 1. The minimum absolute atomic E-state index is 0.0567. The first-order chi connectivity index (χ1) is 11.5. The lowest BCUT2D eigenvalue weighted by Crippen LogP contribution is -2.48. The lowest BCUT2D eigenvalue weighted by molar-refractivity contribution is -0.121. The standard InChI is InChI=1S/C18H21N3O2S/c1-12(2)19-18(24)21-20-17(23)10-9-16(22)15-8-7-13-5-3-4-6-14(13)11-15/h3-8,11-12H,9-10H2,1-2H3,(H,20,23)(H2,19,21,24). The predicted molar refractivity (Wildman–Crippen MR) is 99.7 cm³/mol. The molecule has 2 rings (SSSR count). The molecule has 0 saturated heterocycles. The number of benzene rings is 2. The lowest BCUT2D eigenvalue weighted by Gasteiger charge is -2.13. The number of amides is 1. The monoisotopic (exact) mass is 343 g/mol. The normalized spacial score (nSPS) is 10.5. The van der Waals surface area contributed by atoms with Crippen molar-refractivity contribution in [2.24, 2.45) is 0 Å². The molecular formula is C18H21N3O2S. The van der Waals surface area contributed by atoms with Crippen molar-refractivity contribution in [2.75, 3.05) is 0 Å². The van der Waals surface area contributed by atoms with E-state index in [1.54, 1.807) is 6.07 Å². The summed E-state index contributed by atoms with van der Waals surface area (Å²) < 4.78 is 0. The molecule has 2 aromatic carbocycles. The second-order valence-electron chi connectivity index (χ2n) is 5.79. The number of carbonyl (C=O) groups excluding carboxylic acids is 2. The molecule has 0 unspecified atom stereocenters. The number of hydrazine groups is 1. The molecule has 0 saturated carbocycles. The van der Waals surface area contributed by atoms with Crippen LogP contribution in [0.2, 0.25) is 0 Å². The second-order valence-corrected chi connectivity index (χ2v) is 6.19. The Morgan fingerprint density at radius 3 is 2.42 bits per heavy atom. The van der Waals surface area contributed by atoms with E-state index in [2.05, 4.69) is 16.2 Å². The summed E-state index contributed by atoms with van der Waals surface area (Å²) in [6.45, 7) is 3.88. The second kappa shape index (κ2) is 8.40. The number of hydrogen-bond acceptors (Lipinski definition) is 3. The highest BCUT2D eigenvalue weighted by atomic mass is 32.1. The largest absolute Gasteiger partial charge is 0.359 e. The minimum atomic E-state index is -0.281. The number of hydrogen-bond donors (Lipinski definition) is 3. The first kappa shape index (κ1) is 17.9. The van der Waals surface area contributed by atoms with Crippen LogP contribution >= 0.6 is 12.2 Å². The highest BCUT2D eigenvalue weighted by molar-refractivity contribution is 7.80. The molecule has 0 atom stereocenters. The van der Waals surface area contributed by atoms with Gasteiger partial charge in [-0.05, 0) is 42.9 Å². The molecule has 3 N–H and O–H groups in total. The van der Waals surface area contributed by atoms with Crippen molar-refractivity contribution < 1.29 is 9.59 Å². The Labute approximate surface area is 146 Å². The molecule has 126 valence electrons. The summed E-state index contributed by atoms with van der Waals surface area (Å²) in [6.07, 6.45) is 0.249. The molecule has 0 radical (unpaired) electrons. The maximum absolute atomic E-state index is 12.2. The third-order valence-electron chi connectivity index (χ3n) is 3.39. The zero-order valence-electron chi connectivity index (χ0n) is 13.8. The maximum Gasteiger partial charge on any atom is 0.238 e. The summed E-state index contributed by atoms with van der Waals surface area (Å²) in [6, 6.07) is 13.6. The van der Waals surface area contributed by atoms with Crippen molar-refractivity contribution in [3.63, 3.8) is 0 Å². The Bertz CT molecular complexity index is 759. The Morgan fingerprint density at radius 1 is 1.00 bits per heavy atom. The average Bonchev–Trinajstić information content (AvgIpc) is 2.56. The van der Waals surface area contributed by atoms with Gasteiger partial charge in [-0.25, -0.2) is 0 Å². The van der Waals surface area contributed by atoms with Crippen LogP contribution in [0.15, 0.2) is 42.5 Å². The summed E-state index contributed by atoms with van der Waals surface area (Å²) in [5.41, 5.74) is 5.71. The fourth-order valence-electron chi connectivity index (χ4n) is 2.22. The van der Waals surface area contributed by atoms with Crippen molar-refractivity contribution in [3.05, 3.63) is 48.0 Å². The van der Waals surface area contributed by atoms with Gasteiger partial charge in [-0.1, -0.05) is 36.4 Å². The molecule has 0 heterocycles. The van der Waals surface area contributed by atoms with Crippen molar-refractivity contribution in [1.29, 1.82) is 0 Å². The molecule has 0 aliphatic heterocycles. The Kier molecular flexibility index (Phi) is 6.26. The third-order valence-corrected chi connectivity index (χ3v) is 3.61. The number of nitrogens with one attached hydrogen (secondary N) is 3. The third kappa shape index (κ3) is 5.31. The molecule has 0 bridgehead atoms. The van der Waals surface area contributed by atoms with Crippen LogP contribution < -0.4 is 16.2 Å². The molecule has 6 heteroatoms. The van der Waals surface area contributed by atoms with E-state index in [9.17, 15) is 9.59 Å². The van der Waals surface area contributed by atoms with Crippen molar-refractivity contribution in [2.45, 2.75) is 32.7 Å². The minimum Gasteiger partial charge on any atom is -0.359 e. The molecule has 2 aromatic rings. The fraction of sp³-hybridized carbons (Fsp3) is 0.278. The van der Waals surface area contributed by atoms with Crippen LogP contribution in [0.4, 0.5) is 0 Å². The summed E-state index contributed by atoms with van der Waals surface area (Å²) in [5.74, 6) is -0.337. The lowest BCUT2D eigenvalue weighted by atomic mass is 10.0. The number of rotatable bonds is 5. The van der Waals surface area contributed by atoms with Crippen LogP contribution in [0.5, 0.6) is 0 Å². The maximum atomic E-state index is 12.2. The Morgan fingerprint density at radius 2 is 1.71 bits per heavy atom. The molecule has 0 aliphatic carbocycles. The molecule has 0 aliphatic rings. The quantitative estimate of drug-likeness (QED) is 0.442. The number of ketones is 1. The Hall–Kier alpha value is -2.47. The van der Waals surface area contributed by atoms with E-state index in [0.717, 1.165) is 10.8 Å². The van der Waals surface area contributed by atoms with E-state index in [4.69, 9.17) is 12.2 Å². The summed E-state index contributed by atoms with van der Waals surface area (Å²) in [7, 11) is 0. The van der Waals surface area contributed by atoms with Crippen LogP contribution in [-0.4, -0.2) is 22.8 Å². The average molecular weight is 343 g/mol. The molecular weight excluding hydrogens is 322 g/mol. The van der Waals surface area contributed by atoms with E-state index in [1.165, 1.54) is 0 Å². The smallest absolute Gasteiger partial charge is 0.238 e. The van der Waals surface area contributed by atoms with Crippen LogP contribution in [0.3, 0.4) is 0 Å². The molecule has 0 spiro atoms. The highest BCUT2D eigenvalue weighted by Crippen LogP contribution is 2.17. The number of thiocarbonyl (C=S) groups is 1. The van der Waals surface area contributed by atoms with Gasteiger partial charge in [0.05, 0.1) is 0 Å². The Balaban J connectivity index is 1.83. The molecule has 24 heavy (non-hydrogen) atoms. The van der Waals surface area contributed by atoms with Gasteiger partial charge in [0, 0.05) is 24.4 Å². The molecule has 0 aromatic heterocycles. The summed E-state index contributed by atoms with van der Waals surface area (Å²) in [5, 5.41) is 5.39. The SMILES string of the molecule is CC(C)NC(=S)NNC(=O)CCC(=O)c1ccc2ccccc2c1. The first-order valence-corrected chi connectivity index (χ1v) is 8.24. The molecule has 0 fully saturated rings. The van der Waals surface area contributed by atoms with Crippen LogP contribution in [-0.2, 0) is 4.79 Å². The zero-order chi connectivity index (χ0) is 17.5. The van der Waals surface area contributed by atoms with E-state index in [1.807, 2.05) is 50.2 Å². The van der Waals surface area contributed by atoms with Gasteiger partial charge < -0.3 is 5.32 Å².